The Labute approximate surface area is 150 Å². The molecule has 1 heterocycles. The van der Waals surface area contributed by atoms with Crippen LogP contribution in [0, 0.1) is 5.82 Å². The van der Waals surface area contributed by atoms with Gasteiger partial charge in [0.1, 0.15) is 17.6 Å². The number of anilines is 1. The predicted octanol–water partition coefficient (Wildman–Crippen LogP) is 1.60. The molecule has 3 rings (SSSR count). The first-order chi connectivity index (χ1) is 12.6. The van der Waals surface area contributed by atoms with Gasteiger partial charge in [-0.25, -0.2) is 4.39 Å². The molecule has 6 nitrogen and oxygen atoms in total. The Morgan fingerprint density at radius 1 is 1.15 bits per heavy atom. The van der Waals surface area contributed by atoms with Gasteiger partial charge in [-0.15, -0.1) is 0 Å². The number of benzene rings is 2. The van der Waals surface area contributed by atoms with Crippen molar-refractivity contribution >= 4 is 23.2 Å². The standard InChI is InChI=1S/C19H19FN4O2/c20-15-9-5-4-6-13(15)10-11-22-19(26)16-12-17(18(21)25)24(23-16)14-7-2-1-3-8-14/h1-9,17H,10-12H2,(H2,21,25)(H,22,26). The Hall–Kier alpha value is -3.22. The minimum Gasteiger partial charge on any atom is -0.368 e. The zero-order valence-corrected chi connectivity index (χ0v) is 14.1. The summed E-state index contributed by atoms with van der Waals surface area (Å²) in [7, 11) is 0. The van der Waals surface area contributed by atoms with Gasteiger partial charge in [-0.3, -0.25) is 14.6 Å². The van der Waals surface area contributed by atoms with E-state index in [9.17, 15) is 14.0 Å². The Bertz CT molecular complexity index is 838. The van der Waals surface area contributed by atoms with Crippen molar-refractivity contribution in [3.05, 3.63) is 66.0 Å². The molecule has 1 aliphatic heterocycles. The quantitative estimate of drug-likeness (QED) is 0.826. The molecule has 0 aromatic heterocycles. The largest absolute Gasteiger partial charge is 0.368 e. The summed E-state index contributed by atoms with van der Waals surface area (Å²) in [5.74, 6) is -1.23. The van der Waals surface area contributed by atoms with Gasteiger partial charge in [-0.05, 0) is 30.2 Å². The van der Waals surface area contributed by atoms with E-state index in [2.05, 4.69) is 10.4 Å². The number of hydrogen-bond donors (Lipinski definition) is 2. The number of carbonyl (C=O) groups is 2. The Balaban J connectivity index is 1.65. The number of carbonyl (C=O) groups excluding carboxylic acids is 2. The van der Waals surface area contributed by atoms with Crippen molar-refractivity contribution in [3.63, 3.8) is 0 Å². The summed E-state index contributed by atoms with van der Waals surface area (Å²) >= 11 is 0. The van der Waals surface area contributed by atoms with E-state index in [1.807, 2.05) is 18.2 Å². The second-order valence-electron chi connectivity index (χ2n) is 5.95. The van der Waals surface area contributed by atoms with Gasteiger partial charge < -0.3 is 11.1 Å². The second kappa shape index (κ2) is 7.77. The second-order valence-corrected chi connectivity index (χ2v) is 5.95. The molecule has 134 valence electrons. The van der Waals surface area contributed by atoms with Crippen LogP contribution in [-0.2, 0) is 16.0 Å². The third-order valence-corrected chi connectivity index (χ3v) is 4.16. The molecule has 2 aromatic carbocycles. The number of nitrogens with zero attached hydrogens (tertiary/aromatic N) is 2. The first-order valence-electron chi connectivity index (χ1n) is 8.29. The number of primary amides is 1. The highest BCUT2D eigenvalue weighted by atomic mass is 19.1. The molecule has 0 radical (unpaired) electrons. The molecular weight excluding hydrogens is 335 g/mol. The van der Waals surface area contributed by atoms with Crippen LogP contribution in [0.25, 0.3) is 0 Å². The zero-order valence-electron chi connectivity index (χ0n) is 14.1. The molecule has 1 unspecified atom stereocenters. The van der Waals surface area contributed by atoms with E-state index in [-0.39, 0.29) is 30.4 Å². The van der Waals surface area contributed by atoms with Crippen molar-refractivity contribution in [2.75, 3.05) is 11.6 Å². The highest BCUT2D eigenvalue weighted by molar-refractivity contribution is 6.40. The molecule has 7 heteroatoms. The van der Waals surface area contributed by atoms with Gasteiger partial charge in [0.2, 0.25) is 5.91 Å². The maximum absolute atomic E-state index is 13.6. The Morgan fingerprint density at radius 3 is 2.54 bits per heavy atom. The number of rotatable bonds is 6. The average Bonchev–Trinajstić information content (AvgIpc) is 3.10. The van der Waals surface area contributed by atoms with Crippen molar-refractivity contribution < 1.29 is 14.0 Å². The summed E-state index contributed by atoms with van der Waals surface area (Å²) in [5.41, 5.74) is 6.90. The van der Waals surface area contributed by atoms with E-state index in [4.69, 9.17) is 5.73 Å². The van der Waals surface area contributed by atoms with Gasteiger partial charge in [-0.2, -0.15) is 5.10 Å². The van der Waals surface area contributed by atoms with Crippen LogP contribution in [0.15, 0.2) is 59.7 Å². The number of nitrogens with one attached hydrogen (secondary N) is 1. The fraction of sp³-hybridized carbons (Fsp3) is 0.211. The Morgan fingerprint density at radius 2 is 1.85 bits per heavy atom. The number of para-hydroxylation sites is 1. The maximum Gasteiger partial charge on any atom is 0.267 e. The predicted molar refractivity (Wildman–Crippen MR) is 97.1 cm³/mol. The van der Waals surface area contributed by atoms with Crippen LogP contribution in [-0.4, -0.2) is 30.1 Å². The molecular formula is C19H19FN4O2. The fourth-order valence-electron chi connectivity index (χ4n) is 2.80. The van der Waals surface area contributed by atoms with E-state index in [0.717, 1.165) is 0 Å². The monoisotopic (exact) mass is 354 g/mol. The minimum absolute atomic E-state index is 0.135. The van der Waals surface area contributed by atoms with Crippen molar-refractivity contribution in [2.45, 2.75) is 18.9 Å². The highest BCUT2D eigenvalue weighted by Crippen LogP contribution is 2.24. The maximum atomic E-state index is 13.6. The number of hydrazone groups is 1. The Kier molecular flexibility index (Phi) is 5.26. The molecule has 0 saturated heterocycles. The van der Waals surface area contributed by atoms with Gasteiger partial charge in [0.25, 0.3) is 5.91 Å². The zero-order chi connectivity index (χ0) is 18.5. The lowest BCUT2D eigenvalue weighted by atomic mass is 10.1. The summed E-state index contributed by atoms with van der Waals surface area (Å²) in [6.07, 6.45) is 0.503. The molecule has 2 aromatic rings. The molecule has 0 spiro atoms. The summed E-state index contributed by atoms with van der Waals surface area (Å²) in [5, 5.41) is 8.45. The van der Waals surface area contributed by atoms with Crippen LogP contribution in [0.1, 0.15) is 12.0 Å². The number of hydrogen-bond acceptors (Lipinski definition) is 4. The minimum atomic E-state index is -0.704. The van der Waals surface area contributed by atoms with Gasteiger partial charge >= 0.3 is 0 Å². The normalized spacial score (nSPS) is 16.3. The molecule has 0 fully saturated rings. The first kappa shape index (κ1) is 17.6. The topological polar surface area (TPSA) is 87.8 Å². The van der Waals surface area contributed by atoms with E-state index >= 15 is 0 Å². The summed E-state index contributed by atoms with van der Waals surface area (Å²) in [6.45, 7) is 0.269. The van der Waals surface area contributed by atoms with Gasteiger partial charge in [0.05, 0.1) is 5.69 Å². The summed E-state index contributed by atoms with van der Waals surface area (Å²) in [4.78, 5) is 24.1. The van der Waals surface area contributed by atoms with E-state index in [1.165, 1.54) is 11.1 Å². The summed E-state index contributed by atoms with van der Waals surface area (Å²) < 4.78 is 13.6. The van der Waals surface area contributed by atoms with E-state index in [0.29, 0.717) is 17.7 Å². The average molecular weight is 354 g/mol. The number of nitrogens with two attached hydrogens (primary N) is 1. The van der Waals surface area contributed by atoms with Crippen molar-refractivity contribution in [3.8, 4) is 0 Å². The van der Waals surface area contributed by atoms with Crippen molar-refractivity contribution in [1.82, 2.24) is 5.32 Å². The van der Waals surface area contributed by atoms with E-state index in [1.54, 1.807) is 30.3 Å². The van der Waals surface area contributed by atoms with Crippen LogP contribution in [0.2, 0.25) is 0 Å². The molecule has 1 aliphatic rings. The molecule has 2 amide bonds. The number of halogens is 1. The molecule has 26 heavy (non-hydrogen) atoms. The smallest absolute Gasteiger partial charge is 0.267 e. The third-order valence-electron chi connectivity index (χ3n) is 4.16. The SMILES string of the molecule is NC(=O)C1CC(C(=O)NCCc2ccccc2F)=NN1c1ccccc1. The molecule has 0 bridgehead atoms. The van der Waals surface area contributed by atoms with Crippen molar-refractivity contribution in [1.29, 1.82) is 0 Å². The van der Waals surface area contributed by atoms with Crippen molar-refractivity contribution in [2.24, 2.45) is 10.8 Å². The molecule has 0 saturated carbocycles. The van der Waals surface area contributed by atoms with E-state index < -0.39 is 11.9 Å². The van der Waals surface area contributed by atoms with Crippen LogP contribution in [0.5, 0.6) is 0 Å². The van der Waals surface area contributed by atoms with Crippen LogP contribution >= 0.6 is 0 Å². The molecule has 3 N–H and O–H groups in total. The van der Waals surface area contributed by atoms with Crippen LogP contribution < -0.4 is 16.1 Å². The summed E-state index contributed by atoms with van der Waals surface area (Å²) in [6, 6.07) is 14.8. The lowest BCUT2D eigenvalue weighted by molar-refractivity contribution is -0.119. The van der Waals surface area contributed by atoms with Crippen LogP contribution in [0.3, 0.4) is 0 Å². The third kappa shape index (κ3) is 3.88. The molecule has 1 atom stereocenters. The lowest BCUT2D eigenvalue weighted by Gasteiger charge is -2.20. The van der Waals surface area contributed by atoms with Crippen LogP contribution in [0.4, 0.5) is 10.1 Å². The number of amides is 2. The van der Waals surface area contributed by atoms with Gasteiger partial charge in [0.15, 0.2) is 0 Å². The highest BCUT2D eigenvalue weighted by Gasteiger charge is 2.34. The molecule has 0 aliphatic carbocycles. The van der Waals surface area contributed by atoms with Gasteiger partial charge in [-0.1, -0.05) is 36.4 Å². The first-order valence-corrected chi connectivity index (χ1v) is 8.29. The van der Waals surface area contributed by atoms with Gasteiger partial charge in [0, 0.05) is 13.0 Å². The fourth-order valence-corrected chi connectivity index (χ4v) is 2.80. The lowest BCUT2D eigenvalue weighted by Crippen LogP contribution is -2.40.